The molecule has 5 heteroatoms. The van der Waals surface area contributed by atoms with Crippen molar-refractivity contribution in [3.8, 4) is 11.5 Å². The summed E-state index contributed by atoms with van der Waals surface area (Å²) >= 11 is 0. The third kappa shape index (κ3) is 1.72. The third-order valence-corrected chi connectivity index (χ3v) is 3.01. The lowest BCUT2D eigenvalue weighted by Gasteiger charge is -2.38. The summed E-state index contributed by atoms with van der Waals surface area (Å²) in [5.41, 5.74) is -0.0410. The van der Waals surface area contributed by atoms with E-state index < -0.39 is 5.41 Å². The van der Waals surface area contributed by atoms with Gasteiger partial charge in [-0.15, -0.1) is 0 Å². The van der Waals surface area contributed by atoms with Gasteiger partial charge >= 0.3 is 5.97 Å². The molecule has 2 rings (SSSR count). The molecule has 0 amide bonds. The average Bonchev–Trinajstić information content (AvgIpc) is 2.29. The number of hydrogen-bond donors (Lipinski definition) is 1. The van der Waals surface area contributed by atoms with E-state index in [0.29, 0.717) is 5.75 Å². The van der Waals surface area contributed by atoms with Crippen LogP contribution in [0.15, 0.2) is 18.2 Å². The molecule has 1 fully saturated rings. The van der Waals surface area contributed by atoms with Gasteiger partial charge < -0.3 is 19.3 Å². The molecular formula is C12H14O5. The fourth-order valence-corrected chi connectivity index (χ4v) is 1.88. The molecule has 5 nitrogen and oxygen atoms in total. The summed E-state index contributed by atoms with van der Waals surface area (Å²) in [4.78, 5) is 11.8. The predicted octanol–water partition coefficient (Wildman–Crippen LogP) is 0.842. The molecule has 1 aromatic rings. The molecule has 17 heavy (non-hydrogen) atoms. The smallest absolute Gasteiger partial charge is 0.321 e. The summed E-state index contributed by atoms with van der Waals surface area (Å²) < 4.78 is 14.9. The number of phenolic OH excluding ortho intramolecular Hbond substituents is 1. The molecule has 92 valence electrons. The highest BCUT2D eigenvalue weighted by Gasteiger charge is 2.49. The van der Waals surface area contributed by atoms with Crippen LogP contribution in [0.25, 0.3) is 0 Å². The van der Waals surface area contributed by atoms with Gasteiger partial charge in [0.1, 0.15) is 5.41 Å². The first-order valence-electron chi connectivity index (χ1n) is 5.17. The fraction of sp³-hybridized carbons (Fsp3) is 0.417. The number of benzene rings is 1. The molecule has 1 aromatic carbocycles. The highest BCUT2D eigenvalue weighted by Crippen LogP contribution is 2.38. The minimum atomic E-state index is -0.768. The van der Waals surface area contributed by atoms with E-state index in [9.17, 15) is 9.90 Å². The van der Waals surface area contributed by atoms with Crippen molar-refractivity contribution in [3.05, 3.63) is 23.8 Å². The minimum absolute atomic E-state index is 0.0384. The van der Waals surface area contributed by atoms with Gasteiger partial charge in [-0.25, -0.2) is 0 Å². The lowest BCUT2D eigenvalue weighted by Crippen LogP contribution is -2.53. The Bertz CT molecular complexity index is 437. The van der Waals surface area contributed by atoms with Gasteiger partial charge in [0.05, 0.1) is 27.4 Å². The molecule has 1 saturated heterocycles. The molecule has 1 aliphatic heterocycles. The van der Waals surface area contributed by atoms with E-state index in [0.717, 1.165) is 5.56 Å². The molecule has 0 bridgehead atoms. The van der Waals surface area contributed by atoms with Gasteiger partial charge in [-0.1, -0.05) is 6.07 Å². The Kier molecular flexibility index (Phi) is 2.93. The van der Waals surface area contributed by atoms with Crippen LogP contribution in [0.5, 0.6) is 11.5 Å². The lowest BCUT2D eigenvalue weighted by atomic mass is 9.78. The zero-order valence-electron chi connectivity index (χ0n) is 9.73. The van der Waals surface area contributed by atoms with Crippen LogP contribution in [0.4, 0.5) is 0 Å². The number of methoxy groups -OCH3 is 2. The number of phenols is 1. The van der Waals surface area contributed by atoms with Crippen LogP contribution < -0.4 is 4.74 Å². The van der Waals surface area contributed by atoms with Gasteiger partial charge in [-0.3, -0.25) is 4.79 Å². The van der Waals surface area contributed by atoms with E-state index >= 15 is 0 Å². The Hall–Kier alpha value is -1.75. The molecule has 0 atom stereocenters. The van der Waals surface area contributed by atoms with Crippen LogP contribution in [0.3, 0.4) is 0 Å². The second kappa shape index (κ2) is 4.25. The van der Waals surface area contributed by atoms with E-state index in [1.807, 2.05) is 0 Å². The number of aromatic hydroxyl groups is 1. The van der Waals surface area contributed by atoms with E-state index in [1.54, 1.807) is 12.1 Å². The van der Waals surface area contributed by atoms with Gasteiger partial charge in [0.15, 0.2) is 11.5 Å². The Balaban J connectivity index is 2.41. The molecule has 0 radical (unpaired) electrons. The summed E-state index contributed by atoms with van der Waals surface area (Å²) in [5.74, 6) is 0.0330. The Morgan fingerprint density at radius 3 is 2.59 bits per heavy atom. The van der Waals surface area contributed by atoms with Crippen molar-refractivity contribution in [2.24, 2.45) is 0 Å². The second-order valence-electron chi connectivity index (χ2n) is 3.95. The summed E-state index contributed by atoms with van der Waals surface area (Å²) in [7, 11) is 2.81. The van der Waals surface area contributed by atoms with Gasteiger partial charge in [0, 0.05) is 0 Å². The van der Waals surface area contributed by atoms with E-state index in [4.69, 9.17) is 14.2 Å². The van der Waals surface area contributed by atoms with Crippen molar-refractivity contribution in [2.45, 2.75) is 5.41 Å². The molecule has 0 saturated carbocycles. The zero-order chi connectivity index (χ0) is 12.5. The maximum absolute atomic E-state index is 11.8. The van der Waals surface area contributed by atoms with Crippen LogP contribution in [-0.4, -0.2) is 38.5 Å². The zero-order valence-corrected chi connectivity index (χ0v) is 9.73. The standard InChI is InChI=1S/C12H14O5/c1-15-10-5-8(3-4-9(10)13)12(6-17-7-12)11(14)16-2/h3-5,13H,6-7H2,1-2H3. The number of rotatable bonds is 3. The van der Waals surface area contributed by atoms with E-state index in [1.165, 1.54) is 20.3 Å². The summed E-state index contributed by atoms with van der Waals surface area (Å²) in [6.45, 7) is 0.571. The molecule has 0 unspecified atom stereocenters. The number of carbonyl (C=O) groups is 1. The summed E-state index contributed by atoms with van der Waals surface area (Å²) in [5, 5.41) is 9.51. The van der Waals surface area contributed by atoms with Gasteiger partial charge in [0.25, 0.3) is 0 Å². The van der Waals surface area contributed by atoms with Crippen molar-refractivity contribution in [1.82, 2.24) is 0 Å². The predicted molar refractivity (Wildman–Crippen MR) is 59.2 cm³/mol. The number of carbonyl (C=O) groups excluding carboxylic acids is 1. The Morgan fingerprint density at radius 1 is 1.41 bits per heavy atom. The first kappa shape index (κ1) is 11.7. The molecule has 1 N–H and O–H groups in total. The first-order valence-corrected chi connectivity index (χ1v) is 5.17. The Morgan fingerprint density at radius 2 is 2.12 bits per heavy atom. The number of ether oxygens (including phenoxy) is 3. The van der Waals surface area contributed by atoms with Crippen LogP contribution in [0.2, 0.25) is 0 Å². The number of hydrogen-bond acceptors (Lipinski definition) is 5. The molecule has 0 spiro atoms. The molecule has 1 heterocycles. The summed E-state index contributed by atoms with van der Waals surface area (Å²) in [6, 6.07) is 4.81. The first-order chi connectivity index (χ1) is 8.14. The normalized spacial score (nSPS) is 17.1. The summed E-state index contributed by atoms with van der Waals surface area (Å²) in [6.07, 6.45) is 0. The average molecular weight is 238 g/mol. The largest absolute Gasteiger partial charge is 0.504 e. The van der Waals surface area contributed by atoms with Crippen molar-refractivity contribution < 1.29 is 24.1 Å². The van der Waals surface area contributed by atoms with Gasteiger partial charge in [-0.2, -0.15) is 0 Å². The topological polar surface area (TPSA) is 65.0 Å². The highest BCUT2D eigenvalue weighted by atomic mass is 16.5. The number of esters is 1. The molecule has 0 aromatic heterocycles. The van der Waals surface area contributed by atoms with Crippen LogP contribution in [-0.2, 0) is 19.7 Å². The SMILES string of the molecule is COC(=O)C1(c2ccc(O)c(OC)c2)COC1. The van der Waals surface area contributed by atoms with Gasteiger partial charge in [-0.05, 0) is 17.7 Å². The lowest BCUT2D eigenvalue weighted by molar-refractivity contribution is -0.166. The van der Waals surface area contributed by atoms with E-state index in [2.05, 4.69) is 0 Å². The highest BCUT2D eigenvalue weighted by molar-refractivity contribution is 5.85. The third-order valence-electron chi connectivity index (χ3n) is 3.01. The van der Waals surface area contributed by atoms with Crippen molar-refractivity contribution in [1.29, 1.82) is 0 Å². The maximum atomic E-state index is 11.8. The van der Waals surface area contributed by atoms with Crippen LogP contribution in [0, 0.1) is 0 Å². The maximum Gasteiger partial charge on any atom is 0.321 e. The van der Waals surface area contributed by atoms with Crippen molar-refractivity contribution in [3.63, 3.8) is 0 Å². The van der Waals surface area contributed by atoms with Crippen molar-refractivity contribution in [2.75, 3.05) is 27.4 Å². The quantitative estimate of drug-likeness (QED) is 0.790. The molecule has 1 aliphatic rings. The molecule has 0 aliphatic carbocycles. The monoisotopic (exact) mass is 238 g/mol. The van der Waals surface area contributed by atoms with Crippen molar-refractivity contribution >= 4 is 5.97 Å². The van der Waals surface area contributed by atoms with Crippen LogP contribution >= 0.6 is 0 Å². The minimum Gasteiger partial charge on any atom is -0.504 e. The van der Waals surface area contributed by atoms with E-state index in [-0.39, 0.29) is 24.9 Å². The Labute approximate surface area is 98.9 Å². The van der Waals surface area contributed by atoms with Gasteiger partial charge in [0.2, 0.25) is 0 Å². The fourth-order valence-electron chi connectivity index (χ4n) is 1.88. The molecular weight excluding hydrogens is 224 g/mol. The second-order valence-corrected chi connectivity index (χ2v) is 3.95. The van der Waals surface area contributed by atoms with Crippen LogP contribution in [0.1, 0.15) is 5.56 Å².